The summed E-state index contributed by atoms with van der Waals surface area (Å²) in [4.78, 5) is 13.9. The third-order valence-electron chi connectivity index (χ3n) is 7.39. The maximum Gasteiger partial charge on any atom is 0.216 e. The summed E-state index contributed by atoms with van der Waals surface area (Å²) in [5.74, 6) is -0.757. The number of ketones is 1. The van der Waals surface area contributed by atoms with E-state index < -0.39 is 17.6 Å². The molecule has 2 heterocycles. The molecule has 0 amide bonds. The Bertz CT molecular complexity index is 1130. The Hall–Kier alpha value is -2.39. The molecule has 33 heavy (non-hydrogen) atoms. The topological polar surface area (TPSA) is 80.3 Å². The van der Waals surface area contributed by atoms with Crippen molar-refractivity contribution >= 4 is 17.4 Å². The number of nitrogens with one attached hydrogen (secondary N) is 1. The van der Waals surface area contributed by atoms with Crippen LogP contribution in [0, 0.1) is 17.7 Å². The molecule has 1 spiro atoms. The molecule has 1 saturated carbocycles. The molecule has 2 fully saturated rings. The predicted molar refractivity (Wildman–Crippen MR) is 119 cm³/mol. The number of methoxy groups -OCH3 is 2. The Morgan fingerprint density at radius 3 is 2.67 bits per heavy atom. The van der Waals surface area contributed by atoms with Gasteiger partial charge in [-0.2, -0.15) is 0 Å². The second kappa shape index (κ2) is 7.84. The lowest BCUT2D eigenvalue weighted by atomic mass is 9.63. The lowest BCUT2D eigenvalue weighted by Gasteiger charge is -2.47. The molecule has 2 aromatic carbocycles. The Morgan fingerprint density at radius 1 is 1.27 bits per heavy atom. The normalized spacial score (nSPS) is 33.1. The maximum absolute atomic E-state index is 14.0. The third-order valence-corrected chi connectivity index (χ3v) is 7.75. The smallest absolute Gasteiger partial charge is 0.216 e. The van der Waals surface area contributed by atoms with Crippen LogP contribution in [0.1, 0.15) is 35.3 Å². The number of Topliss-reactive ketones (excluding diaryl/α,β-unsaturated/α-hetero) is 1. The van der Waals surface area contributed by atoms with Crippen molar-refractivity contribution in [2.75, 3.05) is 21.3 Å². The highest BCUT2D eigenvalue weighted by Gasteiger charge is 2.66. The zero-order chi connectivity index (χ0) is 23.7. The van der Waals surface area contributed by atoms with Crippen LogP contribution in [-0.4, -0.2) is 54.9 Å². The first kappa shape index (κ1) is 22.4. The van der Waals surface area contributed by atoms with Crippen molar-refractivity contribution in [3.63, 3.8) is 0 Å². The first-order valence-electron chi connectivity index (χ1n) is 10.8. The van der Waals surface area contributed by atoms with Crippen LogP contribution >= 0.6 is 11.6 Å². The molecule has 2 aromatic rings. The summed E-state index contributed by atoms with van der Waals surface area (Å²) >= 11 is 6.52. The number of benzene rings is 2. The van der Waals surface area contributed by atoms with Gasteiger partial charge in [-0.05, 0) is 24.1 Å². The zero-order valence-electron chi connectivity index (χ0n) is 18.8. The summed E-state index contributed by atoms with van der Waals surface area (Å²) in [6, 6.07) is 7.37. The van der Waals surface area contributed by atoms with Crippen molar-refractivity contribution in [1.29, 1.82) is 0 Å². The molecule has 6 unspecified atom stereocenters. The summed E-state index contributed by atoms with van der Waals surface area (Å²) in [5.41, 5.74) is 2.75. The highest BCUT2D eigenvalue weighted by molar-refractivity contribution is 6.35. The van der Waals surface area contributed by atoms with Crippen molar-refractivity contribution in [3.05, 3.63) is 52.3 Å². The number of ether oxygens (including phenoxy) is 3. The molecular weight excluding hydrogens is 451 g/mol. The van der Waals surface area contributed by atoms with Gasteiger partial charge in [0.15, 0.2) is 5.75 Å². The number of aliphatic hydroxyl groups is 1. The lowest BCUT2D eigenvalue weighted by molar-refractivity contribution is -0.111. The van der Waals surface area contributed by atoms with Gasteiger partial charge in [0.1, 0.15) is 34.0 Å². The van der Waals surface area contributed by atoms with E-state index in [1.54, 1.807) is 12.1 Å². The summed E-state index contributed by atoms with van der Waals surface area (Å²) in [6.07, 6.45) is -0.627. The van der Waals surface area contributed by atoms with Gasteiger partial charge >= 0.3 is 0 Å². The molecule has 0 bridgehead atoms. The molecule has 176 valence electrons. The van der Waals surface area contributed by atoms with E-state index in [1.165, 1.54) is 26.4 Å². The molecule has 9 heteroatoms. The summed E-state index contributed by atoms with van der Waals surface area (Å²) < 4.78 is 31.2. The SMILES string of the molecule is COc1cc(OC)c2c(c1Cl)OC1(C2=O)C(C)CC2NN(C)C(c3cccc(F)c3)C2C1O. The van der Waals surface area contributed by atoms with Gasteiger partial charge in [0.25, 0.3) is 0 Å². The Kier molecular flexibility index (Phi) is 5.32. The van der Waals surface area contributed by atoms with Gasteiger partial charge in [0, 0.05) is 31.0 Å². The Balaban J connectivity index is 1.62. The quantitative estimate of drug-likeness (QED) is 0.703. The number of aliphatic hydroxyl groups excluding tert-OH is 1. The minimum absolute atomic E-state index is 0.120. The minimum Gasteiger partial charge on any atom is -0.496 e. The predicted octanol–water partition coefficient (Wildman–Crippen LogP) is 3.39. The van der Waals surface area contributed by atoms with Crippen LogP contribution in [0.4, 0.5) is 4.39 Å². The number of carbonyl (C=O) groups excluding carboxylic acids is 1. The number of carbonyl (C=O) groups is 1. The molecule has 3 aliphatic rings. The summed E-state index contributed by atoms with van der Waals surface area (Å²) in [7, 11) is 4.77. The fraction of sp³-hybridized carbons (Fsp3) is 0.458. The second-order valence-electron chi connectivity index (χ2n) is 9.03. The van der Waals surface area contributed by atoms with Gasteiger partial charge in [-0.1, -0.05) is 30.7 Å². The van der Waals surface area contributed by atoms with E-state index in [1.807, 2.05) is 25.0 Å². The molecule has 2 aliphatic heterocycles. The van der Waals surface area contributed by atoms with E-state index >= 15 is 0 Å². The number of hydrogen-bond acceptors (Lipinski definition) is 7. The fourth-order valence-electron chi connectivity index (χ4n) is 5.92. The first-order valence-corrected chi connectivity index (χ1v) is 11.2. The maximum atomic E-state index is 14.0. The fourth-order valence-corrected chi connectivity index (χ4v) is 6.18. The van der Waals surface area contributed by atoms with E-state index in [4.69, 9.17) is 25.8 Å². The number of halogens is 2. The van der Waals surface area contributed by atoms with Crippen LogP contribution in [0.25, 0.3) is 0 Å². The second-order valence-corrected chi connectivity index (χ2v) is 9.41. The highest BCUT2D eigenvalue weighted by Crippen LogP contribution is 2.57. The number of fused-ring (bicyclic) bond motifs is 2. The third kappa shape index (κ3) is 3.01. The van der Waals surface area contributed by atoms with Crippen LogP contribution < -0.4 is 19.6 Å². The van der Waals surface area contributed by atoms with Gasteiger partial charge in [-0.3, -0.25) is 10.2 Å². The molecule has 0 aromatic heterocycles. The molecular formula is C24H26ClFN2O5. The lowest BCUT2D eigenvalue weighted by Crippen LogP contribution is -2.65. The van der Waals surface area contributed by atoms with Crippen molar-refractivity contribution < 1.29 is 28.5 Å². The molecule has 0 radical (unpaired) electrons. The zero-order valence-corrected chi connectivity index (χ0v) is 19.5. The molecule has 5 rings (SSSR count). The summed E-state index contributed by atoms with van der Waals surface area (Å²) in [6.45, 7) is 1.89. The average Bonchev–Trinajstić information content (AvgIpc) is 3.28. The largest absolute Gasteiger partial charge is 0.496 e. The minimum atomic E-state index is -1.55. The van der Waals surface area contributed by atoms with Crippen molar-refractivity contribution in [2.45, 2.75) is 37.1 Å². The van der Waals surface area contributed by atoms with E-state index in [9.17, 15) is 14.3 Å². The van der Waals surface area contributed by atoms with Crippen molar-refractivity contribution in [2.24, 2.45) is 11.8 Å². The van der Waals surface area contributed by atoms with Crippen LogP contribution in [-0.2, 0) is 0 Å². The van der Waals surface area contributed by atoms with Gasteiger partial charge < -0.3 is 19.3 Å². The summed E-state index contributed by atoms with van der Waals surface area (Å²) in [5, 5.41) is 13.9. The van der Waals surface area contributed by atoms with Crippen molar-refractivity contribution in [3.8, 4) is 17.2 Å². The van der Waals surface area contributed by atoms with E-state index in [0.29, 0.717) is 17.7 Å². The number of hydrogen-bond donors (Lipinski definition) is 2. The van der Waals surface area contributed by atoms with Gasteiger partial charge in [0.05, 0.1) is 20.3 Å². The van der Waals surface area contributed by atoms with Crippen LogP contribution in [0.2, 0.25) is 5.02 Å². The van der Waals surface area contributed by atoms with Crippen molar-refractivity contribution in [1.82, 2.24) is 10.4 Å². The van der Waals surface area contributed by atoms with Crippen LogP contribution in [0.15, 0.2) is 30.3 Å². The Morgan fingerprint density at radius 2 is 2.00 bits per heavy atom. The van der Waals surface area contributed by atoms with Gasteiger partial charge in [0.2, 0.25) is 11.4 Å². The average molecular weight is 477 g/mol. The first-order chi connectivity index (χ1) is 15.7. The van der Waals surface area contributed by atoms with E-state index in [-0.39, 0.29) is 51.7 Å². The number of rotatable bonds is 3. The molecule has 7 nitrogen and oxygen atoms in total. The van der Waals surface area contributed by atoms with Crippen LogP contribution in [0.5, 0.6) is 17.2 Å². The van der Waals surface area contributed by atoms with Crippen LogP contribution in [0.3, 0.4) is 0 Å². The molecule has 2 N–H and O–H groups in total. The van der Waals surface area contributed by atoms with E-state index in [0.717, 1.165) is 0 Å². The molecule has 6 atom stereocenters. The standard InChI is InChI=1S/C24H26ClFN2O5/c1-11-8-14-17(20(28(2)27-14)12-6-5-7-13(26)9-12)22(29)24(11)23(30)18-15(31-3)10-16(32-4)19(25)21(18)33-24/h5-7,9-11,14,17,20,22,27,29H,8H2,1-4H3. The number of hydrazine groups is 1. The Labute approximate surface area is 196 Å². The monoisotopic (exact) mass is 476 g/mol. The van der Waals surface area contributed by atoms with Gasteiger partial charge in [-0.15, -0.1) is 0 Å². The van der Waals surface area contributed by atoms with E-state index in [2.05, 4.69) is 5.43 Å². The number of nitrogens with zero attached hydrogens (tertiary/aromatic N) is 1. The highest BCUT2D eigenvalue weighted by atomic mass is 35.5. The molecule has 1 aliphatic carbocycles. The molecule has 1 saturated heterocycles. The van der Waals surface area contributed by atoms with Gasteiger partial charge in [-0.25, -0.2) is 9.40 Å².